The van der Waals surface area contributed by atoms with Crippen molar-refractivity contribution < 1.29 is 42.5 Å². The minimum atomic E-state index is -4.44. The molecule has 2 aromatic rings. The van der Waals surface area contributed by atoms with Gasteiger partial charge in [-0.3, -0.25) is 0 Å². The van der Waals surface area contributed by atoms with Crippen LogP contribution in [0, 0.1) is 0 Å². The van der Waals surface area contributed by atoms with Crippen molar-refractivity contribution in [2.75, 3.05) is 0 Å². The number of fused-ring (bicyclic) bond motifs is 1. The molecule has 0 fully saturated rings. The van der Waals surface area contributed by atoms with Crippen LogP contribution in [0.25, 0.3) is 10.8 Å². The first-order chi connectivity index (χ1) is 9.49. The van der Waals surface area contributed by atoms with Crippen LogP contribution in [0.15, 0.2) is 35.2 Å². The average molecular weight is 314 g/mol. The van der Waals surface area contributed by atoms with Gasteiger partial charge in [0.15, 0.2) is 0 Å². The van der Waals surface area contributed by atoms with Gasteiger partial charge in [0.25, 0.3) is 0 Å². The van der Waals surface area contributed by atoms with Crippen LogP contribution in [0.5, 0.6) is 0 Å². The van der Waals surface area contributed by atoms with Crippen LogP contribution in [-0.4, -0.2) is 13.0 Å². The van der Waals surface area contributed by atoms with Crippen LogP contribution in [0.2, 0.25) is 0 Å². The van der Waals surface area contributed by atoms with Crippen molar-refractivity contribution in [3.63, 3.8) is 0 Å². The first-order valence-electron chi connectivity index (χ1n) is 6.98. The van der Waals surface area contributed by atoms with E-state index in [0.717, 1.165) is 35.6 Å². The Labute approximate surface area is 148 Å². The Bertz CT molecular complexity index is 724. The predicted octanol–water partition coefficient (Wildman–Crippen LogP) is 0.653. The van der Waals surface area contributed by atoms with Gasteiger partial charge < -0.3 is 4.55 Å². The van der Waals surface area contributed by atoms with Crippen LogP contribution >= 0.6 is 0 Å². The maximum Gasteiger partial charge on any atom is 1.00 e. The van der Waals surface area contributed by atoms with Crippen molar-refractivity contribution in [3.05, 3.63) is 41.5 Å². The molecule has 0 aliphatic rings. The van der Waals surface area contributed by atoms with Gasteiger partial charge in [0, 0.05) is 0 Å². The van der Waals surface area contributed by atoms with Crippen LogP contribution in [0.4, 0.5) is 0 Å². The van der Waals surface area contributed by atoms with E-state index in [0.29, 0.717) is 12.0 Å². The normalized spacial score (nSPS) is 11.4. The molecule has 5 heteroatoms. The number of hydrogen-bond acceptors (Lipinski definition) is 3. The van der Waals surface area contributed by atoms with Gasteiger partial charge in [-0.05, 0) is 40.8 Å². The molecule has 2 aromatic carbocycles. The Morgan fingerprint density at radius 2 is 1.57 bits per heavy atom. The fourth-order valence-corrected chi connectivity index (χ4v) is 3.49. The average Bonchev–Trinajstić information content (AvgIpc) is 2.40. The summed E-state index contributed by atoms with van der Waals surface area (Å²) < 4.78 is 34.7. The number of rotatable bonds is 5. The smallest absolute Gasteiger partial charge is 0.744 e. The van der Waals surface area contributed by atoms with Crippen molar-refractivity contribution in [2.24, 2.45) is 0 Å². The minimum absolute atomic E-state index is 0. The molecule has 0 spiro atoms. The molecule has 108 valence electrons. The second-order valence-corrected chi connectivity index (χ2v) is 6.36. The maximum atomic E-state index is 11.6. The van der Waals surface area contributed by atoms with Crippen LogP contribution < -0.4 is 29.6 Å². The molecule has 21 heavy (non-hydrogen) atoms. The molecule has 3 nitrogen and oxygen atoms in total. The first kappa shape index (κ1) is 18.7. The van der Waals surface area contributed by atoms with Crippen LogP contribution in [-0.2, 0) is 23.0 Å². The van der Waals surface area contributed by atoms with E-state index in [-0.39, 0.29) is 34.5 Å². The summed E-state index contributed by atoms with van der Waals surface area (Å²) in [5.74, 6) is 0. The molecule has 0 heterocycles. The Hall–Kier alpha value is -0.390. The summed E-state index contributed by atoms with van der Waals surface area (Å²) in [6, 6.07) is 9.33. The monoisotopic (exact) mass is 314 g/mol. The SMILES string of the molecule is CCCc1cc(S(=O)(=O)[O-])c(CCC)c2ccccc12.[Na+]. The van der Waals surface area contributed by atoms with E-state index >= 15 is 0 Å². The van der Waals surface area contributed by atoms with Gasteiger partial charge >= 0.3 is 29.6 Å². The summed E-state index contributed by atoms with van der Waals surface area (Å²) in [4.78, 5) is -0.0403. The van der Waals surface area contributed by atoms with E-state index in [1.165, 1.54) is 0 Å². The van der Waals surface area contributed by atoms with Gasteiger partial charge in [-0.25, -0.2) is 8.42 Å². The summed E-state index contributed by atoms with van der Waals surface area (Å²) in [7, 11) is -4.44. The first-order valence-corrected chi connectivity index (χ1v) is 8.39. The third-order valence-electron chi connectivity index (χ3n) is 3.49. The molecule has 2 rings (SSSR count). The van der Waals surface area contributed by atoms with Crippen molar-refractivity contribution >= 4 is 20.9 Å². The van der Waals surface area contributed by atoms with E-state index in [1.54, 1.807) is 6.07 Å². The molecule has 0 N–H and O–H groups in total. The fourth-order valence-electron chi connectivity index (χ4n) is 2.69. The fraction of sp³-hybridized carbons (Fsp3) is 0.375. The summed E-state index contributed by atoms with van der Waals surface area (Å²) in [6.45, 7) is 4.02. The van der Waals surface area contributed by atoms with Gasteiger partial charge in [0.2, 0.25) is 0 Å². The van der Waals surface area contributed by atoms with Crippen LogP contribution in [0.1, 0.15) is 37.8 Å². The summed E-state index contributed by atoms with van der Waals surface area (Å²) in [6.07, 6.45) is 3.09. The quantitative estimate of drug-likeness (QED) is 0.601. The molecular weight excluding hydrogens is 295 g/mol. The Kier molecular flexibility index (Phi) is 6.88. The zero-order chi connectivity index (χ0) is 14.8. The summed E-state index contributed by atoms with van der Waals surface area (Å²) in [5, 5.41) is 1.96. The summed E-state index contributed by atoms with van der Waals surface area (Å²) >= 11 is 0. The van der Waals surface area contributed by atoms with Gasteiger partial charge in [-0.15, -0.1) is 0 Å². The second kappa shape index (κ2) is 7.75. The Morgan fingerprint density at radius 1 is 1.00 bits per heavy atom. The molecule has 0 saturated carbocycles. The Morgan fingerprint density at radius 3 is 2.10 bits per heavy atom. The van der Waals surface area contributed by atoms with Crippen molar-refractivity contribution in [1.29, 1.82) is 0 Å². The van der Waals surface area contributed by atoms with Crippen LogP contribution in [0.3, 0.4) is 0 Å². The van der Waals surface area contributed by atoms with E-state index in [2.05, 4.69) is 0 Å². The van der Waals surface area contributed by atoms with Crippen molar-refractivity contribution in [2.45, 2.75) is 44.4 Å². The second-order valence-electron chi connectivity index (χ2n) is 5.01. The molecule has 0 aliphatic heterocycles. The zero-order valence-electron chi connectivity index (χ0n) is 12.8. The molecule has 0 unspecified atom stereocenters. The van der Waals surface area contributed by atoms with E-state index < -0.39 is 10.1 Å². The Balaban J connectivity index is 0.00000220. The third kappa shape index (κ3) is 4.08. The minimum Gasteiger partial charge on any atom is -0.744 e. The molecule has 0 aromatic heterocycles. The maximum absolute atomic E-state index is 11.6. The zero-order valence-corrected chi connectivity index (χ0v) is 15.7. The van der Waals surface area contributed by atoms with Gasteiger partial charge in [0.1, 0.15) is 10.1 Å². The number of hydrogen-bond donors (Lipinski definition) is 0. The molecule has 0 bridgehead atoms. The largest absolute Gasteiger partial charge is 1.00 e. The standard InChI is InChI=1S/C16H20O3S.Na/c1-3-7-12-11-16(20(17,18)19)15(8-4-2)14-10-6-5-9-13(12)14;/h5-6,9-11H,3-4,7-8H2,1-2H3,(H,17,18,19);/q;+1/p-1. The van der Waals surface area contributed by atoms with Gasteiger partial charge in [-0.2, -0.15) is 0 Å². The molecule has 0 atom stereocenters. The molecule has 0 aliphatic carbocycles. The number of benzene rings is 2. The molecule has 0 radical (unpaired) electrons. The van der Waals surface area contributed by atoms with Gasteiger partial charge in [-0.1, -0.05) is 51.0 Å². The third-order valence-corrected chi connectivity index (χ3v) is 4.39. The number of aryl methyl sites for hydroxylation is 2. The van der Waals surface area contributed by atoms with E-state index in [4.69, 9.17) is 0 Å². The predicted molar refractivity (Wildman–Crippen MR) is 79.9 cm³/mol. The molecule has 0 amide bonds. The molecular formula is C16H19NaO3S. The van der Waals surface area contributed by atoms with Crippen molar-refractivity contribution in [3.8, 4) is 0 Å². The van der Waals surface area contributed by atoms with Gasteiger partial charge in [0.05, 0.1) is 4.90 Å². The molecule has 0 saturated heterocycles. The van der Waals surface area contributed by atoms with E-state index in [9.17, 15) is 13.0 Å². The van der Waals surface area contributed by atoms with Crippen molar-refractivity contribution in [1.82, 2.24) is 0 Å². The summed E-state index contributed by atoms with van der Waals surface area (Å²) in [5.41, 5.74) is 1.61. The topological polar surface area (TPSA) is 57.2 Å². The van der Waals surface area contributed by atoms with E-state index in [1.807, 2.05) is 38.1 Å².